The quantitative estimate of drug-likeness (QED) is 0.791. The standard InChI is InChI=1S/C8H7BrO3/c1-12-6-2-5(4-10)8(9)7(11)3-6/h2-4,11H,1H3. The molecule has 1 N–H and O–H groups in total. The highest BCUT2D eigenvalue weighted by Crippen LogP contribution is 2.31. The molecule has 0 heterocycles. The van der Waals surface area contributed by atoms with Crippen molar-refractivity contribution in [1.82, 2.24) is 0 Å². The molecule has 0 saturated carbocycles. The number of rotatable bonds is 2. The van der Waals surface area contributed by atoms with Gasteiger partial charge >= 0.3 is 0 Å². The third-order valence-corrected chi connectivity index (χ3v) is 2.28. The summed E-state index contributed by atoms with van der Waals surface area (Å²) in [5.41, 5.74) is 0.367. The van der Waals surface area contributed by atoms with E-state index in [0.29, 0.717) is 22.1 Å². The number of halogens is 1. The number of carbonyl (C=O) groups is 1. The molecule has 0 unspecified atom stereocenters. The van der Waals surface area contributed by atoms with Gasteiger partial charge in [-0.25, -0.2) is 0 Å². The molecule has 0 amide bonds. The van der Waals surface area contributed by atoms with Gasteiger partial charge in [0.25, 0.3) is 0 Å². The van der Waals surface area contributed by atoms with Gasteiger partial charge in [0.2, 0.25) is 0 Å². The minimum atomic E-state index is -0.00329. The van der Waals surface area contributed by atoms with Gasteiger partial charge in [-0.1, -0.05) is 0 Å². The summed E-state index contributed by atoms with van der Waals surface area (Å²) >= 11 is 3.07. The Kier molecular flexibility index (Phi) is 2.70. The van der Waals surface area contributed by atoms with E-state index in [1.54, 1.807) is 0 Å². The lowest BCUT2D eigenvalue weighted by Gasteiger charge is -2.04. The third-order valence-electron chi connectivity index (χ3n) is 1.42. The monoisotopic (exact) mass is 230 g/mol. The molecular weight excluding hydrogens is 224 g/mol. The number of aldehydes is 1. The van der Waals surface area contributed by atoms with Crippen LogP contribution in [0.5, 0.6) is 11.5 Å². The van der Waals surface area contributed by atoms with Crippen molar-refractivity contribution >= 4 is 22.2 Å². The lowest BCUT2D eigenvalue weighted by molar-refractivity contribution is 0.112. The van der Waals surface area contributed by atoms with Crippen molar-refractivity contribution in [1.29, 1.82) is 0 Å². The molecule has 0 saturated heterocycles. The molecule has 1 aromatic carbocycles. The van der Waals surface area contributed by atoms with E-state index in [0.717, 1.165) is 0 Å². The van der Waals surface area contributed by atoms with Crippen LogP contribution in [0.25, 0.3) is 0 Å². The fraction of sp³-hybridized carbons (Fsp3) is 0.125. The van der Waals surface area contributed by atoms with E-state index in [2.05, 4.69) is 15.9 Å². The Labute approximate surface area is 78.1 Å². The van der Waals surface area contributed by atoms with Crippen molar-refractivity contribution in [2.24, 2.45) is 0 Å². The number of hydrogen-bond donors (Lipinski definition) is 1. The van der Waals surface area contributed by atoms with E-state index in [1.165, 1.54) is 19.2 Å². The smallest absolute Gasteiger partial charge is 0.151 e. The summed E-state index contributed by atoms with van der Waals surface area (Å²) in [6.07, 6.45) is 0.645. The maximum Gasteiger partial charge on any atom is 0.151 e. The van der Waals surface area contributed by atoms with Gasteiger partial charge in [-0.05, 0) is 22.0 Å². The van der Waals surface area contributed by atoms with Crippen LogP contribution < -0.4 is 4.74 Å². The maximum absolute atomic E-state index is 10.5. The molecule has 0 aromatic heterocycles. The number of methoxy groups -OCH3 is 1. The zero-order valence-corrected chi connectivity index (χ0v) is 7.96. The van der Waals surface area contributed by atoms with Crippen LogP contribution in [0.3, 0.4) is 0 Å². The summed E-state index contributed by atoms with van der Waals surface area (Å²) in [4.78, 5) is 10.5. The average Bonchev–Trinajstić information content (AvgIpc) is 2.09. The first-order valence-electron chi connectivity index (χ1n) is 3.20. The van der Waals surface area contributed by atoms with E-state index in [1.807, 2.05) is 0 Å². The first kappa shape index (κ1) is 9.06. The van der Waals surface area contributed by atoms with Crippen LogP contribution in [0.1, 0.15) is 10.4 Å². The van der Waals surface area contributed by atoms with Gasteiger partial charge in [0.15, 0.2) is 6.29 Å². The minimum absolute atomic E-state index is 0.00329. The van der Waals surface area contributed by atoms with E-state index in [-0.39, 0.29) is 5.75 Å². The highest BCUT2D eigenvalue weighted by molar-refractivity contribution is 9.10. The molecule has 12 heavy (non-hydrogen) atoms. The summed E-state index contributed by atoms with van der Waals surface area (Å²) in [7, 11) is 1.47. The Bertz CT molecular complexity index is 309. The van der Waals surface area contributed by atoms with Crippen molar-refractivity contribution in [3.05, 3.63) is 22.2 Å². The lowest BCUT2D eigenvalue weighted by atomic mass is 10.2. The molecule has 0 bridgehead atoms. The second-order valence-corrected chi connectivity index (χ2v) is 2.96. The molecule has 3 nitrogen and oxygen atoms in total. The van der Waals surface area contributed by atoms with Crippen molar-refractivity contribution in [3.8, 4) is 11.5 Å². The van der Waals surface area contributed by atoms with E-state index >= 15 is 0 Å². The van der Waals surface area contributed by atoms with Gasteiger partial charge in [0.1, 0.15) is 11.5 Å². The molecule has 4 heteroatoms. The van der Waals surface area contributed by atoms with Crippen molar-refractivity contribution in [2.75, 3.05) is 7.11 Å². The lowest BCUT2D eigenvalue weighted by Crippen LogP contribution is -1.87. The third kappa shape index (κ3) is 1.58. The van der Waals surface area contributed by atoms with Crippen LogP contribution >= 0.6 is 15.9 Å². The largest absolute Gasteiger partial charge is 0.507 e. The number of phenols is 1. The summed E-state index contributed by atoms with van der Waals surface area (Å²) in [6.45, 7) is 0. The SMILES string of the molecule is COc1cc(O)c(Br)c(C=O)c1. The number of aromatic hydroxyl groups is 1. The van der Waals surface area contributed by atoms with Gasteiger partial charge in [0, 0.05) is 11.6 Å². The molecule has 0 atom stereocenters. The Hall–Kier alpha value is -1.03. The van der Waals surface area contributed by atoms with Crippen LogP contribution in [-0.4, -0.2) is 18.5 Å². The van der Waals surface area contributed by atoms with Gasteiger partial charge in [-0.2, -0.15) is 0 Å². The molecule has 0 spiro atoms. The first-order chi connectivity index (χ1) is 5.69. The molecule has 0 aliphatic carbocycles. The predicted octanol–water partition coefficient (Wildman–Crippen LogP) is 1.98. The Morgan fingerprint density at radius 2 is 2.25 bits per heavy atom. The van der Waals surface area contributed by atoms with Crippen molar-refractivity contribution < 1.29 is 14.6 Å². The van der Waals surface area contributed by atoms with Crippen molar-refractivity contribution in [2.45, 2.75) is 0 Å². The highest BCUT2D eigenvalue weighted by atomic mass is 79.9. The molecule has 0 aliphatic heterocycles. The Balaban J connectivity index is 3.28. The Morgan fingerprint density at radius 3 is 2.75 bits per heavy atom. The zero-order valence-electron chi connectivity index (χ0n) is 6.37. The molecule has 64 valence electrons. The second-order valence-electron chi connectivity index (χ2n) is 2.17. The topological polar surface area (TPSA) is 46.5 Å². The number of benzene rings is 1. The van der Waals surface area contributed by atoms with Gasteiger partial charge in [-0.3, -0.25) is 4.79 Å². The van der Waals surface area contributed by atoms with Gasteiger partial charge in [-0.15, -0.1) is 0 Å². The molecule has 0 fully saturated rings. The second kappa shape index (κ2) is 3.58. The summed E-state index contributed by atoms with van der Waals surface area (Å²) in [6, 6.07) is 2.97. The predicted molar refractivity (Wildman–Crippen MR) is 47.7 cm³/mol. The fourth-order valence-electron chi connectivity index (χ4n) is 0.808. The van der Waals surface area contributed by atoms with Crippen LogP contribution in [-0.2, 0) is 0 Å². The summed E-state index contributed by atoms with van der Waals surface area (Å²) in [5, 5.41) is 9.26. The van der Waals surface area contributed by atoms with Gasteiger partial charge < -0.3 is 9.84 Å². The first-order valence-corrected chi connectivity index (χ1v) is 4.00. The number of phenolic OH excluding ortho intramolecular Hbond substituents is 1. The summed E-state index contributed by atoms with van der Waals surface area (Å²) in [5.74, 6) is 0.453. The van der Waals surface area contributed by atoms with E-state index in [9.17, 15) is 9.90 Å². The number of ether oxygens (including phenoxy) is 1. The molecular formula is C8H7BrO3. The normalized spacial score (nSPS) is 9.50. The van der Waals surface area contributed by atoms with Crippen LogP contribution in [0.4, 0.5) is 0 Å². The molecule has 0 radical (unpaired) electrons. The van der Waals surface area contributed by atoms with Crippen LogP contribution in [0, 0.1) is 0 Å². The van der Waals surface area contributed by atoms with E-state index < -0.39 is 0 Å². The summed E-state index contributed by atoms with van der Waals surface area (Å²) < 4.78 is 5.24. The van der Waals surface area contributed by atoms with Crippen LogP contribution in [0.2, 0.25) is 0 Å². The number of hydrogen-bond acceptors (Lipinski definition) is 3. The average molecular weight is 231 g/mol. The Morgan fingerprint density at radius 1 is 1.58 bits per heavy atom. The van der Waals surface area contributed by atoms with Crippen LogP contribution in [0.15, 0.2) is 16.6 Å². The van der Waals surface area contributed by atoms with Crippen molar-refractivity contribution in [3.63, 3.8) is 0 Å². The van der Waals surface area contributed by atoms with E-state index in [4.69, 9.17) is 4.74 Å². The fourth-order valence-corrected chi connectivity index (χ4v) is 1.13. The maximum atomic E-state index is 10.5. The molecule has 0 aliphatic rings. The zero-order chi connectivity index (χ0) is 9.14. The minimum Gasteiger partial charge on any atom is -0.507 e. The highest BCUT2D eigenvalue weighted by Gasteiger charge is 2.06. The number of carbonyl (C=O) groups excluding carboxylic acids is 1. The van der Waals surface area contributed by atoms with Gasteiger partial charge in [0.05, 0.1) is 11.6 Å². The molecule has 1 rings (SSSR count). The molecule has 1 aromatic rings.